The molecule has 1 saturated heterocycles. The maximum atomic E-state index is 13.1. The predicted molar refractivity (Wildman–Crippen MR) is 62.8 cm³/mol. The molecule has 4 nitrogen and oxygen atoms in total. The molecule has 1 N–H and O–H groups in total. The van der Waals surface area contributed by atoms with Gasteiger partial charge in [-0.25, -0.2) is 4.39 Å². The van der Waals surface area contributed by atoms with Crippen LogP contribution in [0, 0.1) is 11.7 Å². The predicted octanol–water partition coefficient (Wildman–Crippen LogP) is 1.58. The first-order chi connectivity index (χ1) is 8.49. The summed E-state index contributed by atoms with van der Waals surface area (Å²) in [5.41, 5.74) is -0.0588. The number of rotatable bonds is 1. The highest BCUT2D eigenvalue weighted by molar-refractivity contribution is 5.98. The van der Waals surface area contributed by atoms with E-state index in [1.54, 1.807) is 6.92 Å². The molecule has 1 aliphatic heterocycles. The molecule has 5 heteroatoms. The van der Waals surface area contributed by atoms with Crippen molar-refractivity contribution in [2.45, 2.75) is 13.3 Å². The van der Waals surface area contributed by atoms with E-state index >= 15 is 0 Å². The summed E-state index contributed by atoms with van der Waals surface area (Å²) in [6.45, 7) is 2.39. The van der Waals surface area contributed by atoms with Gasteiger partial charge in [0, 0.05) is 25.4 Å². The Hall–Kier alpha value is -1.91. The zero-order chi connectivity index (χ0) is 13.3. The lowest BCUT2D eigenvalue weighted by Crippen LogP contribution is -2.43. The van der Waals surface area contributed by atoms with Crippen LogP contribution in [0.4, 0.5) is 4.39 Å². The molecule has 96 valence electrons. The maximum absolute atomic E-state index is 13.1. The SMILES string of the molecule is CC1CN(C(=O)c2cc(F)ccc2O)CCC1=O. The molecule has 0 radical (unpaired) electrons. The highest BCUT2D eigenvalue weighted by atomic mass is 19.1. The second kappa shape index (κ2) is 4.76. The molecule has 1 aliphatic rings. The summed E-state index contributed by atoms with van der Waals surface area (Å²) in [5, 5.41) is 9.57. The van der Waals surface area contributed by atoms with Gasteiger partial charge in [0.05, 0.1) is 5.56 Å². The number of phenolic OH excluding ortho intramolecular Hbond substituents is 1. The van der Waals surface area contributed by atoms with E-state index < -0.39 is 11.7 Å². The number of hydrogen-bond acceptors (Lipinski definition) is 3. The van der Waals surface area contributed by atoms with Crippen LogP contribution >= 0.6 is 0 Å². The summed E-state index contributed by atoms with van der Waals surface area (Å²) >= 11 is 0. The molecule has 18 heavy (non-hydrogen) atoms. The number of benzene rings is 1. The van der Waals surface area contributed by atoms with Gasteiger partial charge in [0.2, 0.25) is 0 Å². The normalized spacial score (nSPS) is 20.0. The summed E-state index contributed by atoms with van der Waals surface area (Å²) < 4.78 is 13.1. The van der Waals surface area contributed by atoms with E-state index in [-0.39, 0.29) is 23.0 Å². The Labute approximate surface area is 104 Å². The monoisotopic (exact) mass is 251 g/mol. The number of ketones is 1. The zero-order valence-corrected chi connectivity index (χ0v) is 10.0. The number of piperidine rings is 1. The highest BCUT2D eigenvalue weighted by Gasteiger charge is 2.28. The smallest absolute Gasteiger partial charge is 0.257 e. The van der Waals surface area contributed by atoms with Crippen molar-refractivity contribution >= 4 is 11.7 Å². The van der Waals surface area contributed by atoms with Crippen LogP contribution < -0.4 is 0 Å². The molecule has 0 saturated carbocycles. The Morgan fingerprint density at radius 1 is 1.50 bits per heavy atom. The van der Waals surface area contributed by atoms with E-state index in [1.165, 1.54) is 4.90 Å². The Morgan fingerprint density at radius 3 is 2.89 bits per heavy atom. The molecular weight excluding hydrogens is 237 g/mol. The number of carbonyl (C=O) groups excluding carboxylic acids is 2. The van der Waals surface area contributed by atoms with Crippen molar-refractivity contribution in [1.29, 1.82) is 0 Å². The first kappa shape index (κ1) is 12.5. The van der Waals surface area contributed by atoms with Crippen LogP contribution in [0.1, 0.15) is 23.7 Å². The summed E-state index contributed by atoms with van der Waals surface area (Å²) in [6, 6.07) is 3.26. The van der Waals surface area contributed by atoms with Crippen LogP contribution in [-0.4, -0.2) is 34.8 Å². The minimum Gasteiger partial charge on any atom is -0.507 e. The van der Waals surface area contributed by atoms with Crippen molar-refractivity contribution in [2.75, 3.05) is 13.1 Å². The van der Waals surface area contributed by atoms with Crippen LogP contribution in [0.25, 0.3) is 0 Å². The number of carbonyl (C=O) groups is 2. The van der Waals surface area contributed by atoms with E-state index in [0.29, 0.717) is 19.5 Å². The molecule has 0 spiro atoms. The van der Waals surface area contributed by atoms with E-state index in [9.17, 15) is 19.1 Å². The van der Waals surface area contributed by atoms with Crippen LogP contribution in [0.5, 0.6) is 5.75 Å². The van der Waals surface area contributed by atoms with E-state index in [2.05, 4.69) is 0 Å². The van der Waals surface area contributed by atoms with Crippen LogP contribution in [0.3, 0.4) is 0 Å². The van der Waals surface area contributed by atoms with E-state index in [1.807, 2.05) is 0 Å². The average molecular weight is 251 g/mol. The van der Waals surface area contributed by atoms with Crippen molar-refractivity contribution in [3.8, 4) is 5.75 Å². The third kappa shape index (κ3) is 2.34. The Kier molecular flexibility index (Phi) is 3.32. The summed E-state index contributed by atoms with van der Waals surface area (Å²) in [7, 11) is 0. The van der Waals surface area contributed by atoms with Gasteiger partial charge >= 0.3 is 0 Å². The molecule has 2 rings (SSSR count). The molecule has 1 amide bonds. The first-order valence-corrected chi connectivity index (χ1v) is 5.79. The number of hydrogen-bond donors (Lipinski definition) is 1. The largest absolute Gasteiger partial charge is 0.507 e. The molecule has 1 fully saturated rings. The minimum atomic E-state index is -0.572. The van der Waals surface area contributed by atoms with Crippen molar-refractivity contribution in [3.63, 3.8) is 0 Å². The number of phenols is 1. The van der Waals surface area contributed by atoms with Gasteiger partial charge in [-0.15, -0.1) is 0 Å². The third-order valence-electron chi connectivity index (χ3n) is 3.15. The first-order valence-electron chi connectivity index (χ1n) is 5.79. The molecule has 1 unspecified atom stereocenters. The minimum absolute atomic E-state index is 0.0588. The van der Waals surface area contributed by atoms with Gasteiger partial charge in [0.25, 0.3) is 5.91 Å². The Balaban J connectivity index is 2.21. The number of nitrogens with zero attached hydrogens (tertiary/aromatic N) is 1. The lowest BCUT2D eigenvalue weighted by molar-refractivity contribution is -0.124. The third-order valence-corrected chi connectivity index (χ3v) is 3.15. The van der Waals surface area contributed by atoms with Gasteiger partial charge in [0.1, 0.15) is 17.3 Å². The number of Topliss-reactive ketones (excluding diaryl/α,β-unsaturated/α-hetero) is 1. The molecule has 1 aromatic rings. The second-order valence-electron chi connectivity index (χ2n) is 4.53. The Morgan fingerprint density at radius 2 is 2.22 bits per heavy atom. The van der Waals surface area contributed by atoms with E-state index in [0.717, 1.165) is 18.2 Å². The fourth-order valence-electron chi connectivity index (χ4n) is 2.05. The van der Waals surface area contributed by atoms with Gasteiger partial charge in [0.15, 0.2) is 0 Å². The molecule has 1 heterocycles. The lowest BCUT2D eigenvalue weighted by Gasteiger charge is -2.30. The van der Waals surface area contributed by atoms with Crippen molar-refractivity contribution in [2.24, 2.45) is 5.92 Å². The van der Waals surface area contributed by atoms with Crippen LogP contribution in [-0.2, 0) is 4.79 Å². The average Bonchev–Trinajstić information content (AvgIpc) is 2.35. The van der Waals surface area contributed by atoms with Gasteiger partial charge in [-0.1, -0.05) is 6.92 Å². The zero-order valence-electron chi connectivity index (χ0n) is 10.0. The number of halogens is 1. The maximum Gasteiger partial charge on any atom is 0.257 e. The molecule has 1 aromatic carbocycles. The highest BCUT2D eigenvalue weighted by Crippen LogP contribution is 2.22. The molecular formula is C13H14FNO3. The summed E-state index contributed by atoms with van der Waals surface area (Å²) in [4.78, 5) is 25.0. The molecule has 0 bridgehead atoms. The molecule has 0 aromatic heterocycles. The lowest BCUT2D eigenvalue weighted by atomic mass is 9.98. The second-order valence-corrected chi connectivity index (χ2v) is 4.53. The van der Waals surface area contributed by atoms with Crippen molar-refractivity contribution < 1.29 is 19.1 Å². The van der Waals surface area contributed by atoms with Gasteiger partial charge in [-0.2, -0.15) is 0 Å². The van der Waals surface area contributed by atoms with Crippen LogP contribution in [0.2, 0.25) is 0 Å². The number of aromatic hydroxyl groups is 1. The van der Waals surface area contributed by atoms with Gasteiger partial charge in [-0.3, -0.25) is 9.59 Å². The van der Waals surface area contributed by atoms with Crippen LogP contribution in [0.15, 0.2) is 18.2 Å². The quantitative estimate of drug-likeness (QED) is 0.824. The molecule has 0 aliphatic carbocycles. The van der Waals surface area contributed by atoms with Gasteiger partial charge in [-0.05, 0) is 18.2 Å². The van der Waals surface area contributed by atoms with Gasteiger partial charge < -0.3 is 10.0 Å². The van der Waals surface area contributed by atoms with Crippen molar-refractivity contribution in [1.82, 2.24) is 4.90 Å². The fourth-order valence-corrected chi connectivity index (χ4v) is 2.05. The number of amides is 1. The number of likely N-dealkylation sites (tertiary alicyclic amines) is 1. The molecule has 1 atom stereocenters. The summed E-state index contributed by atoms with van der Waals surface area (Å²) in [6.07, 6.45) is 0.309. The topological polar surface area (TPSA) is 57.6 Å². The Bertz CT molecular complexity index is 501. The fraction of sp³-hybridized carbons (Fsp3) is 0.385. The standard InChI is InChI=1S/C13H14FNO3/c1-8-7-15(5-4-11(8)16)13(18)10-6-9(14)2-3-12(10)17/h2-3,6,8,17H,4-5,7H2,1H3. The van der Waals surface area contributed by atoms with Crippen molar-refractivity contribution in [3.05, 3.63) is 29.6 Å². The van der Waals surface area contributed by atoms with E-state index in [4.69, 9.17) is 0 Å². The summed E-state index contributed by atoms with van der Waals surface area (Å²) in [5.74, 6) is -1.34.